The Kier molecular flexibility index (Phi) is 5.70. The number of nitrogens with one attached hydrogen (secondary N) is 1. The van der Waals surface area contributed by atoms with Crippen molar-refractivity contribution in [3.05, 3.63) is 29.8 Å². The summed E-state index contributed by atoms with van der Waals surface area (Å²) >= 11 is 1.29. The van der Waals surface area contributed by atoms with Gasteiger partial charge in [0, 0.05) is 13.7 Å². The van der Waals surface area contributed by atoms with Crippen molar-refractivity contribution in [3.63, 3.8) is 0 Å². The number of amides is 1. The molecule has 1 N–H and O–H groups in total. The third-order valence-electron chi connectivity index (χ3n) is 2.68. The van der Waals surface area contributed by atoms with Gasteiger partial charge in [-0.1, -0.05) is 29.5 Å². The van der Waals surface area contributed by atoms with E-state index in [1.807, 2.05) is 31.2 Å². The predicted octanol–water partition coefficient (Wildman–Crippen LogP) is 0.825. The number of hydrogen-bond donors (Lipinski definition) is 1. The molecule has 8 heteroatoms. The molecule has 0 aliphatic rings. The molecule has 2 aromatic rings. The molecule has 0 aliphatic heterocycles. The highest BCUT2D eigenvalue weighted by molar-refractivity contribution is 7.99. The van der Waals surface area contributed by atoms with Crippen LogP contribution >= 0.6 is 11.8 Å². The molecule has 112 valence electrons. The summed E-state index contributed by atoms with van der Waals surface area (Å²) in [6.45, 7) is 3.01. The Morgan fingerprint density at radius 2 is 2.14 bits per heavy atom. The number of carbonyl (C=O) groups excluding carboxylic acids is 1. The standard InChI is InChI=1S/C13H17N5O2S/c1-10-3-5-11(6-4-10)18-13(15-16-17-18)21-9-12(19)14-7-8-20-2/h3-6H,7-9H2,1-2H3,(H,14,19). The van der Waals surface area contributed by atoms with Crippen LogP contribution in [-0.2, 0) is 9.53 Å². The molecule has 21 heavy (non-hydrogen) atoms. The zero-order valence-electron chi connectivity index (χ0n) is 11.9. The summed E-state index contributed by atoms with van der Waals surface area (Å²) in [7, 11) is 1.59. The van der Waals surface area contributed by atoms with E-state index < -0.39 is 0 Å². The number of ether oxygens (including phenoxy) is 1. The summed E-state index contributed by atoms with van der Waals surface area (Å²) in [5.41, 5.74) is 2.03. The molecule has 1 aromatic carbocycles. The number of thioether (sulfide) groups is 1. The van der Waals surface area contributed by atoms with E-state index in [-0.39, 0.29) is 11.7 Å². The second-order valence-electron chi connectivity index (χ2n) is 4.34. The third-order valence-corrected chi connectivity index (χ3v) is 3.60. The van der Waals surface area contributed by atoms with Crippen LogP contribution in [0.25, 0.3) is 5.69 Å². The van der Waals surface area contributed by atoms with Crippen LogP contribution in [0, 0.1) is 6.92 Å². The maximum absolute atomic E-state index is 11.6. The van der Waals surface area contributed by atoms with Gasteiger partial charge >= 0.3 is 0 Å². The van der Waals surface area contributed by atoms with E-state index in [0.717, 1.165) is 5.69 Å². The minimum absolute atomic E-state index is 0.0736. The van der Waals surface area contributed by atoms with Gasteiger partial charge in [-0.25, -0.2) is 0 Å². The monoisotopic (exact) mass is 307 g/mol. The SMILES string of the molecule is COCCNC(=O)CSc1nnnn1-c1ccc(C)cc1. The smallest absolute Gasteiger partial charge is 0.230 e. The van der Waals surface area contributed by atoms with Crippen molar-refractivity contribution >= 4 is 17.7 Å². The summed E-state index contributed by atoms with van der Waals surface area (Å²) in [5.74, 6) is 0.186. The molecule has 2 rings (SSSR count). The van der Waals surface area contributed by atoms with Crippen LogP contribution in [0.15, 0.2) is 29.4 Å². The normalized spacial score (nSPS) is 10.6. The number of benzene rings is 1. The van der Waals surface area contributed by atoms with E-state index in [2.05, 4.69) is 20.8 Å². The fraction of sp³-hybridized carbons (Fsp3) is 0.385. The molecule has 0 unspecified atom stereocenters. The van der Waals surface area contributed by atoms with E-state index in [4.69, 9.17) is 4.74 Å². The number of aryl methyl sites for hydroxylation is 1. The van der Waals surface area contributed by atoms with E-state index in [1.54, 1.807) is 11.8 Å². The maximum Gasteiger partial charge on any atom is 0.230 e. The number of carbonyl (C=O) groups is 1. The van der Waals surface area contributed by atoms with Crippen LogP contribution in [0.1, 0.15) is 5.56 Å². The first kappa shape index (κ1) is 15.5. The van der Waals surface area contributed by atoms with Gasteiger partial charge in [0.05, 0.1) is 18.0 Å². The molecule has 1 aromatic heterocycles. The van der Waals surface area contributed by atoms with E-state index in [0.29, 0.717) is 18.3 Å². The van der Waals surface area contributed by atoms with Gasteiger partial charge in [-0.05, 0) is 29.5 Å². The number of aromatic nitrogens is 4. The highest BCUT2D eigenvalue weighted by atomic mass is 32.2. The number of rotatable bonds is 7. The molecule has 0 aliphatic carbocycles. The van der Waals surface area contributed by atoms with Crippen LogP contribution in [0.2, 0.25) is 0 Å². The highest BCUT2D eigenvalue weighted by Gasteiger charge is 2.11. The summed E-state index contributed by atoms with van der Waals surface area (Å²) in [5, 5.41) is 14.9. The van der Waals surface area contributed by atoms with Gasteiger partial charge in [0.25, 0.3) is 0 Å². The first-order valence-corrected chi connectivity index (χ1v) is 7.43. The fourth-order valence-corrected chi connectivity index (χ4v) is 2.31. The lowest BCUT2D eigenvalue weighted by molar-refractivity contribution is -0.118. The quantitative estimate of drug-likeness (QED) is 0.602. The molecule has 7 nitrogen and oxygen atoms in total. The second-order valence-corrected chi connectivity index (χ2v) is 5.28. The van der Waals surface area contributed by atoms with Gasteiger partial charge in [0.15, 0.2) is 0 Å². The second kappa shape index (κ2) is 7.75. The summed E-state index contributed by atoms with van der Waals surface area (Å²) in [6, 6.07) is 7.86. The molecule has 0 saturated carbocycles. The number of nitrogens with zero attached hydrogens (tertiary/aromatic N) is 4. The summed E-state index contributed by atoms with van der Waals surface area (Å²) in [4.78, 5) is 11.6. The molecule has 0 atom stereocenters. The molecule has 0 bridgehead atoms. The largest absolute Gasteiger partial charge is 0.383 e. The zero-order valence-corrected chi connectivity index (χ0v) is 12.8. The molecule has 0 saturated heterocycles. The van der Waals surface area contributed by atoms with Crippen molar-refractivity contribution < 1.29 is 9.53 Å². The van der Waals surface area contributed by atoms with E-state index in [9.17, 15) is 4.79 Å². The van der Waals surface area contributed by atoms with Crippen LogP contribution in [0.5, 0.6) is 0 Å². The number of tetrazole rings is 1. The maximum atomic E-state index is 11.6. The number of methoxy groups -OCH3 is 1. The topological polar surface area (TPSA) is 81.9 Å². The van der Waals surface area contributed by atoms with Crippen molar-refractivity contribution in [2.75, 3.05) is 26.0 Å². The van der Waals surface area contributed by atoms with Gasteiger partial charge in [-0.3, -0.25) is 4.79 Å². The van der Waals surface area contributed by atoms with Gasteiger partial charge in [-0.2, -0.15) is 4.68 Å². The van der Waals surface area contributed by atoms with Gasteiger partial charge in [0.2, 0.25) is 11.1 Å². The minimum atomic E-state index is -0.0736. The van der Waals surface area contributed by atoms with Crippen molar-refractivity contribution in [3.8, 4) is 5.69 Å². The highest BCUT2D eigenvalue weighted by Crippen LogP contribution is 2.18. The summed E-state index contributed by atoms with van der Waals surface area (Å²) in [6.07, 6.45) is 0. The first-order valence-electron chi connectivity index (χ1n) is 6.44. The predicted molar refractivity (Wildman–Crippen MR) is 79.5 cm³/mol. The van der Waals surface area contributed by atoms with Gasteiger partial charge in [0.1, 0.15) is 0 Å². The minimum Gasteiger partial charge on any atom is -0.383 e. The average molecular weight is 307 g/mol. The fourth-order valence-electron chi connectivity index (χ4n) is 1.59. The Hall–Kier alpha value is -1.93. The third kappa shape index (κ3) is 4.54. The van der Waals surface area contributed by atoms with Gasteiger partial charge < -0.3 is 10.1 Å². The van der Waals surface area contributed by atoms with Crippen molar-refractivity contribution in [2.45, 2.75) is 12.1 Å². The van der Waals surface area contributed by atoms with E-state index in [1.165, 1.54) is 17.3 Å². The Bertz CT molecular complexity index is 585. The molecule has 0 radical (unpaired) electrons. The van der Waals surface area contributed by atoms with Crippen LogP contribution in [0.4, 0.5) is 0 Å². The molecular formula is C13H17N5O2S. The lowest BCUT2D eigenvalue weighted by Crippen LogP contribution is -2.28. The number of hydrogen-bond acceptors (Lipinski definition) is 6. The van der Waals surface area contributed by atoms with Crippen molar-refractivity contribution in [2.24, 2.45) is 0 Å². The lowest BCUT2D eigenvalue weighted by Gasteiger charge is -2.05. The molecular weight excluding hydrogens is 290 g/mol. The molecule has 0 fully saturated rings. The lowest BCUT2D eigenvalue weighted by atomic mass is 10.2. The van der Waals surface area contributed by atoms with Crippen LogP contribution < -0.4 is 5.32 Å². The Morgan fingerprint density at radius 3 is 2.86 bits per heavy atom. The van der Waals surface area contributed by atoms with Crippen molar-refractivity contribution in [1.82, 2.24) is 25.5 Å². The molecule has 0 spiro atoms. The van der Waals surface area contributed by atoms with Crippen molar-refractivity contribution in [1.29, 1.82) is 0 Å². The Balaban J connectivity index is 1.94. The molecule has 1 heterocycles. The Labute approximate surface area is 127 Å². The van der Waals surface area contributed by atoms with Gasteiger partial charge in [-0.15, -0.1) is 5.10 Å². The van der Waals surface area contributed by atoms with Crippen LogP contribution in [-0.4, -0.2) is 52.1 Å². The summed E-state index contributed by atoms with van der Waals surface area (Å²) < 4.78 is 6.49. The zero-order chi connectivity index (χ0) is 15.1. The average Bonchev–Trinajstić information content (AvgIpc) is 2.95. The van der Waals surface area contributed by atoms with E-state index >= 15 is 0 Å². The first-order chi connectivity index (χ1) is 10.2. The molecule has 1 amide bonds. The Morgan fingerprint density at radius 1 is 1.38 bits per heavy atom. The van der Waals surface area contributed by atoms with Crippen LogP contribution in [0.3, 0.4) is 0 Å².